The van der Waals surface area contributed by atoms with Crippen LogP contribution >= 0.6 is 15.9 Å². The normalized spacial score (nSPS) is 12.9. The first-order chi connectivity index (χ1) is 15.3. The number of halogens is 1. The highest BCUT2D eigenvalue weighted by molar-refractivity contribution is 9.10. The summed E-state index contributed by atoms with van der Waals surface area (Å²) in [6.07, 6.45) is -2.02. The second kappa shape index (κ2) is 11.2. The van der Waals surface area contributed by atoms with Gasteiger partial charge in [-0.2, -0.15) is 0 Å². The average Bonchev–Trinajstić information content (AvgIpc) is 2.57. The molecule has 0 aliphatic rings. The van der Waals surface area contributed by atoms with Crippen LogP contribution in [-0.4, -0.2) is 46.8 Å². The van der Waals surface area contributed by atoms with Crippen molar-refractivity contribution in [1.29, 1.82) is 0 Å². The summed E-state index contributed by atoms with van der Waals surface area (Å²) in [5.74, 6) is -1.30. The molecule has 0 aliphatic heterocycles. The van der Waals surface area contributed by atoms with Crippen LogP contribution in [0.1, 0.15) is 79.1 Å². The van der Waals surface area contributed by atoms with Gasteiger partial charge in [-0.3, -0.25) is 10.1 Å². The predicted octanol–water partition coefficient (Wildman–Crippen LogP) is 5.60. The molecule has 0 saturated heterocycles. The Morgan fingerprint density at radius 1 is 0.824 bits per heavy atom. The molecule has 1 aromatic carbocycles. The van der Waals surface area contributed by atoms with Crippen LogP contribution in [0.25, 0.3) is 0 Å². The summed E-state index contributed by atoms with van der Waals surface area (Å²) in [7, 11) is 0. The number of alkyl carbamates (subject to hydrolysis) is 1. The van der Waals surface area contributed by atoms with Crippen LogP contribution in [-0.2, 0) is 19.0 Å². The van der Waals surface area contributed by atoms with Crippen LogP contribution in [0.3, 0.4) is 0 Å². The van der Waals surface area contributed by atoms with Gasteiger partial charge in [0.15, 0.2) is 5.78 Å². The molecular formula is C24H35BrN2O7. The summed E-state index contributed by atoms with van der Waals surface area (Å²) < 4.78 is 16.4. The Bertz CT molecular complexity index is 925. The molecule has 2 N–H and O–H groups in total. The molecule has 0 spiro atoms. The molecular weight excluding hydrogens is 508 g/mol. The molecule has 190 valence electrons. The van der Waals surface area contributed by atoms with Gasteiger partial charge in [0.2, 0.25) is 0 Å². The quantitative estimate of drug-likeness (QED) is 0.272. The number of hydrogen-bond donors (Lipinski definition) is 2. The molecule has 0 aliphatic carbocycles. The van der Waals surface area contributed by atoms with Crippen molar-refractivity contribution in [2.45, 2.75) is 91.6 Å². The summed E-state index contributed by atoms with van der Waals surface area (Å²) in [4.78, 5) is 50.6. The van der Waals surface area contributed by atoms with Gasteiger partial charge in [-0.15, -0.1) is 0 Å². The minimum Gasteiger partial charge on any atom is -0.458 e. The number of Topliss-reactive ketones (excluding diaryl/α,β-unsaturated/α-hetero) is 1. The highest BCUT2D eigenvalue weighted by Gasteiger charge is 2.31. The number of ketones is 1. The van der Waals surface area contributed by atoms with E-state index in [2.05, 4.69) is 26.6 Å². The molecule has 0 aromatic heterocycles. The van der Waals surface area contributed by atoms with Crippen LogP contribution < -0.4 is 10.6 Å². The number of nitrogens with one attached hydrogen (secondary N) is 2. The Hall–Kier alpha value is -2.62. The zero-order chi connectivity index (χ0) is 26.5. The van der Waals surface area contributed by atoms with Crippen LogP contribution in [0, 0.1) is 0 Å². The van der Waals surface area contributed by atoms with Gasteiger partial charge in [-0.25, -0.2) is 14.4 Å². The summed E-state index contributed by atoms with van der Waals surface area (Å²) in [5, 5.41) is 4.98. The molecule has 1 aromatic rings. The molecule has 0 fully saturated rings. The highest BCUT2D eigenvalue weighted by atomic mass is 79.9. The van der Waals surface area contributed by atoms with E-state index in [9.17, 15) is 19.2 Å². The van der Waals surface area contributed by atoms with Crippen molar-refractivity contribution < 1.29 is 33.4 Å². The zero-order valence-electron chi connectivity index (χ0n) is 21.3. The maximum atomic E-state index is 13.2. The first-order valence-corrected chi connectivity index (χ1v) is 11.6. The first-order valence-electron chi connectivity index (χ1n) is 10.8. The number of benzene rings is 1. The van der Waals surface area contributed by atoms with Crippen molar-refractivity contribution in [3.05, 3.63) is 28.2 Å². The maximum Gasteiger partial charge on any atom is 0.412 e. The van der Waals surface area contributed by atoms with E-state index in [0.717, 1.165) is 0 Å². The van der Waals surface area contributed by atoms with Gasteiger partial charge in [-0.05, 0) is 80.5 Å². The van der Waals surface area contributed by atoms with E-state index in [1.54, 1.807) is 68.4 Å². The Balaban J connectivity index is 3.19. The van der Waals surface area contributed by atoms with E-state index in [4.69, 9.17) is 14.2 Å². The van der Waals surface area contributed by atoms with E-state index >= 15 is 0 Å². The standard InChI is InChI=1S/C24H35BrN2O7/c1-22(2,3)32-19(29)17(27-21(31)34-24(7,8)9)13-18(28)15-12-14(25)10-11-16(15)26-20(30)33-23(4,5)6/h10-12,17H,13H2,1-9H3,(H,26,30)(H,27,31). The van der Waals surface area contributed by atoms with Gasteiger partial charge in [0, 0.05) is 16.5 Å². The van der Waals surface area contributed by atoms with Gasteiger partial charge in [0.25, 0.3) is 0 Å². The predicted molar refractivity (Wildman–Crippen MR) is 132 cm³/mol. The van der Waals surface area contributed by atoms with Crippen LogP contribution in [0.4, 0.5) is 15.3 Å². The summed E-state index contributed by atoms with van der Waals surface area (Å²) in [6.45, 7) is 15.2. The fraction of sp³-hybridized carbons (Fsp3) is 0.583. The molecule has 1 rings (SSSR count). The van der Waals surface area contributed by atoms with Gasteiger partial charge in [0.05, 0.1) is 5.69 Å². The van der Waals surface area contributed by atoms with Gasteiger partial charge in [-0.1, -0.05) is 15.9 Å². The fourth-order valence-corrected chi connectivity index (χ4v) is 2.94. The summed E-state index contributed by atoms with van der Waals surface area (Å²) >= 11 is 3.31. The number of anilines is 1. The lowest BCUT2D eigenvalue weighted by Crippen LogP contribution is -2.47. The Morgan fingerprint density at radius 3 is 1.82 bits per heavy atom. The average molecular weight is 543 g/mol. The van der Waals surface area contributed by atoms with Crippen molar-refractivity contribution in [3.63, 3.8) is 0 Å². The van der Waals surface area contributed by atoms with Crippen LogP contribution in [0.5, 0.6) is 0 Å². The fourth-order valence-electron chi connectivity index (χ4n) is 2.58. The van der Waals surface area contributed by atoms with Crippen molar-refractivity contribution in [3.8, 4) is 0 Å². The van der Waals surface area contributed by atoms with Gasteiger partial charge >= 0.3 is 18.2 Å². The lowest BCUT2D eigenvalue weighted by atomic mass is 10.0. The van der Waals surface area contributed by atoms with E-state index in [1.165, 1.54) is 12.1 Å². The molecule has 0 heterocycles. The molecule has 0 saturated carbocycles. The Kier molecular flexibility index (Phi) is 9.69. The molecule has 0 bridgehead atoms. The SMILES string of the molecule is CC(C)(C)OC(=O)Nc1ccc(Br)cc1C(=O)CC(NC(=O)OC(C)(C)C)C(=O)OC(C)(C)C. The number of amides is 2. The smallest absolute Gasteiger partial charge is 0.412 e. The Labute approximate surface area is 209 Å². The van der Waals surface area contributed by atoms with Crippen LogP contribution in [0.15, 0.2) is 22.7 Å². The third kappa shape index (κ3) is 11.5. The third-order valence-electron chi connectivity index (χ3n) is 3.69. The lowest BCUT2D eigenvalue weighted by Gasteiger charge is -2.26. The summed E-state index contributed by atoms with van der Waals surface area (Å²) in [5.41, 5.74) is -2.06. The third-order valence-corrected chi connectivity index (χ3v) is 4.18. The molecule has 9 nitrogen and oxygen atoms in total. The summed E-state index contributed by atoms with van der Waals surface area (Å²) in [6, 6.07) is 3.38. The zero-order valence-corrected chi connectivity index (χ0v) is 22.8. The number of hydrogen-bond acceptors (Lipinski definition) is 7. The first kappa shape index (κ1) is 29.4. The van der Waals surface area contributed by atoms with E-state index in [-0.39, 0.29) is 11.3 Å². The van der Waals surface area contributed by atoms with Gasteiger partial charge < -0.3 is 19.5 Å². The molecule has 0 radical (unpaired) electrons. The molecule has 10 heteroatoms. The molecule has 1 unspecified atom stereocenters. The number of ether oxygens (including phenoxy) is 3. The highest BCUT2D eigenvalue weighted by Crippen LogP contribution is 2.24. The number of rotatable bonds is 6. The Morgan fingerprint density at radius 2 is 1.32 bits per heavy atom. The molecule has 2 amide bonds. The van der Waals surface area contributed by atoms with Crippen molar-refractivity contribution in [2.75, 3.05) is 5.32 Å². The van der Waals surface area contributed by atoms with Crippen molar-refractivity contribution >= 4 is 45.6 Å². The number of carbonyl (C=O) groups excluding carboxylic acids is 4. The topological polar surface area (TPSA) is 120 Å². The molecule has 34 heavy (non-hydrogen) atoms. The largest absolute Gasteiger partial charge is 0.458 e. The second-order valence-electron chi connectivity index (χ2n) is 10.7. The number of esters is 1. The molecule has 1 atom stereocenters. The number of carbonyl (C=O) groups is 4. The maximum absolute atomic E-state index is 13.2. The minimum atomic E-state index is -1.31. The monoisotopic (exact) mass is 542 g/mol. The minimum absolute atomic E-state index is 0.125. The van der Waals surface area contributed by atoms with Crippen LogP contribution in [0.2, 0.25) is 0 Å². The second-order valence-corrected chi connectivity index (χ2v) is 11.6. The van der Waals surface area contributed by atoms with Gasteiger partial charge in [0.1, 0.15) is 22.8 Å². The van der Waals surface area contributed by atoms with Crippen molar-refractivity contribution in [1.82, 2.24) is 5.32 Å². The lowest BCUT2D eigenvalue weighted by molar-refractivity contribution is -0.157. The van der Waals surface area contributed by atoms with Crippen molar-refractivity contribution in [2.24, 2.45) is 0 Å². The van der Waals surface area contributed by atoms with E-state index < -0.39 is 53.2 Å². The van der Waals surface area contributed by atoms with E-state index in [1.807, 2.05) is 0 Å². The van der Waals surface area contributed by atoms with E-state index in [0.29, 0.717) is 4.47 Å².